The Labute approximate surface area is 118 Å². The van der Waals surface area contributed by atoms with Crippen molar-refractivity contribution >= 4 is 11.8 Å². The summed E-state index contributed by atoms with van der Waals surface area (Å²) in [6.07, 6.45) is 3.96. The van der Waals surface area contributed by atoms with Gasteiger partial charge in [-0.25, -0.2) is 0 Å². The highest BCUT2D eigenvalue weighted by Crippen LogP contribution is 2.07. The van der Waals surface area contributed by atoms with Crippen LogP contribution in [0.4, 0.5) is 0 Å². The highest BCUT2D eigenvalue weighted by Gasteiger charge is 2.10. The van der Waals surface area contributed by atoms with Gasteiger partial charge in [0.25, 0.3) is 0 Å². The van der Waals surface area contributed by atoms with Crippen LogP contribution in [0.25, 0.3) is 0 Å². The van der Waals surface area contributed by atoms with Crippen LogP contribution in [0, 0.1) is 0 Å². The third-order valence-corrected chi connectivity index (χ3v) is 3.51. The molecule has 0 atom stereocenters. The molecule has 0 unspecified atom stereocenters. The van der Waals surface area contributed by atoms with E-state index in [4.69, 9.17) is 0 Å². The Balaban J connectivity index is 3.70. The fourth-order valence-corrected chi connectivity index (χ4v) is 2.20. The summed E-state index contributed by atoms with van der Waals surface area (Å²) >= 11 is 0. The first-order chi connectivity index (χ1) is 9.10. The van der Waals surface area contributed by atoms with Gasteiger partial charge in [0.05, 0.1) is 0 Å². The summed E-state index contributed by atoms with van der Waals surface area (Å²) in [5.41, 5.74) is 0. The molecule has 0 aliphatic carbocycles. The lowest BCUT2D eigenvalue weighted by Crippen LogP contribution is -2.30. The average molecular weight is 270 g/mol. The second kappa shape index (κ2) is 10.8. The first-order valence-electron chi connectivity index (χ1n) is 7.66. The van der Waals surface area contributed by atoms with Crippen molar-refractivity contribution in [3.05, 3.63) is 0 Å². The molecule has 4 heteroatoms. The second-order valence-electron chi connectivity index (χ2n) is 4.69. The van der Waals surface area contributed by atoms with Crippen LogP contribution in [0.2, 0.25) is 0 Å². The number of hydrogen-bond acceptors (Lipinski definition) is 2. The van der Waals surface area contributed by atoms with Crippen LogP contribution in [0.5, 0.6) is 0 Å². The Hall–Kier alpha value is -1.06. The first kappa shape index (κ1) is 17.9. The summed E-state index contributed by atoms with van der Waals surface area (Å²) < 4.78 is 0. The van der Waals surface area contributed by atoms with Crippen LogP contribution >= 0.6 is 0 Å². The molecule has 0 aromatic carbocycles. The van der Waals surface area contributed by atoms with E-state index in [0.29, 0.717) is 12.8 Å². The smallest absolute Gasteiger partial charge is 0.222 e. The molecule has 0 aromatic heterocycles. The predicted octanol–water partition coefficient (Wildman–Crippen LogP) is 2.67. The minimum absolute atomic E-state index is 0.236. The summed E-state index contributed by atoms with van der Waals surface area (Å²) in [4.78, 5) is 27.2. The molecular formula is C15H30N2O2. The zero-order valence-corrected chi connectivity index (χ0v) is 13.1. The zero-order chi connectivity index (χ0) is 14.7. The fraction of sp³-hybridized carbons (Fsp3) is 0.867. The van der Waals surface area contributed by atoms with Crippen LogP contribution in [0.1, 0.15) is 59.8 Å². The van der Waals surface area contributed by atoms with Gasteiger partial charge in [-0.3, -0.25) is 9.59 Å². The van der Waals surface area contributed by atoms with Gasteiger partial charge in [-0.15, -0.1) is 0 Å². The Morgan fingerprint density at radius 1 is 0.632 bits per heavy atom. The van der Waals surface area contributed by atoms with Gasteiger partial charge < -0.3 is 9.80 Å². The molecule has 0 aliphatic rings. The summed E-state index contributed by atoms with van der Waals surface area (Å²) in [5, 5.41) is 0. The van der Waals surface area contributed by atoms with Crippen LogP contribution < -0.4 is 0 Å². The fourth-order valence-electron chi connectivity index (χ4n) is 2.20. The largest absolute Gasteiger partial charge is 0.343 e. The lowest BCUT2D eigenvalue weighted by Gasteiger charge is -2.19. The second-order valence-corrected chi connectivity index (χ2v) is 4.69. The summed E-state index contributed by atoms with van der Waals surface area (Å²) in [6.45, 7) is 11.2. The molecule has 112 valence electrons. The number of nitrogens with zero attached hydrogens (tertiary/aromatic N) is 2. The van der Waals surface area contributed by atoms with Gasteiger partial charge in [0.2, 0.25) is 11.8 Å². The van der Waals surface area contributed by atoms with Crippen LogP contribution in [-0.2, 0) is 9.59 Å². The molecular weight excluding hydrogens is 240 g/mol. The van der Waals surface area contributed by atoms with Crippen molar-refractivity contribution in [2.75, 3.05) is 26.2 Å². The van der Waals surface area contributed by atoms with E-state index in [1.165, 1.54) is 0 Å². The highest BCUT2D eigenvalue weighted by molar-refractivity contribution is 5.76. The molecule has 0 aliphatic heterocycles. The van der Waals surface area contributed by atoms with Gasteiger partial charge in [-0.2, -0.15) is 0 Å². The number of carbonyl (C=O) groups is 2. The average Bonchev–Trinajstić information content (AvgIpc) is 2.41. The number of carbonyl (C=O) groups excluding carboxylic acids is 2. The van der Waals surface area contributed by atoms with E-state index >= 15 is 0 Å². The maximum Gasteiger partial charge on any atom is 0.222 e. The van der Waals surface area contributed by atoms with E-state index < -0.39 is 0 Å². The Morgan fingerprint density at radius 2 is 0.947 bits per heavy atom. The van der Waals surface area contributed by atoms with E-state index in [0.717, 1.165) is 45.4 Å². The van der Waals surface area contributed by atoms with Gasteiger partial charge in [-0.05, 0) is 40.5 Å². The summed E-state index contributed by atoms with van der Waals surface area (Å²) in [5.74, 6) is 0.472. The molecule has 0 rings (SSSR count). The molecule has 0 radical (unpaired) electrons. The number of rotatable bonds is 10. The zero-order valence-electron chi connectivity index (χ0n) is 13.1. The van der Waals surface area contributed by atoms with E-state index in [1.54, 1.807) is 0 Å². The van der Waals surface area contributed by atoms with Gasteiger partial charge in [0.15, 0.2) is 0 Å². The lowest BCUT2D eigenvalue weighted by molar-refractivity contribution is -0.131. The normalized spacial score (nSPS) is 10.3. The lowest BCUT2D eigenvalue weighted by atomic mass is 10.1. The van der Waals surface area contributed by atoms with E-state index in [-0.39, 0.29) is 11.8 Å². The van der Waals surface area contributed by atoms with Crippen molar-refractivity contribution in [1.29, 1.82) is 0 Å². The third-order valence-electron chi connectivity index (χ3n) is 3.51. The third kappa shape index (κ3) is 7.19. The topological polar surface area (TPSA) is 40.6 Å². The maximum atomic E-state index is 11.8. The van der Waals surface area contributed by atoms with E-state index in [2.05, 4.69) is 0 Å². The first-order valence-corrected chi connectivity index (χ1v) is 7.66. The van der Waals surface area contributed by atoms with E-state index in [9.17, 15) is 9.59 Å². The monoisotopic (exact) mass is 270 g/mol. The standard InChI is InChI=1S/C15H30N2O2/c1-5-16(6-2)14(18)12-10-9-11-13-15(19)17(7-3)8-4/h5-13H2,1-4H3. The maximum absolute atomic E-state index is 11.8. The molecule has 0 saturated heterocycles. The molecule has 19 heavy (non-hydrogen) atoms. The Kier molecular flexibility index (Phi) is 10.2. The predicted molar refractivity (Wildman–Crippen MR) is 78.9 cm³/mol. The molecule has 0 N–H and O–H groups in total. The minimum Gasteiger partial charge on any atom is -0.343 e. The van der Waals surface area contributed by atoms with Crippen LogP contribution in [0.15, 0.2) is 0 Å². The van der Waals surface area contributed by atoms with Crippen molar-refractivity contribution < 1.29 is 9.59 Å². The molecule has 0 saturated carbocycles. The molecule has 0 spiro atoms. The van der Waals surface area contributed by atoms with Gasteiger partial charge in [0.1, 0.15) is 0 Å². The molecule has 4 nitrogen and oxygen atoms in total. The van der Waals surface area contributed by atoms with Crippen LogP contribution in [0.3, 0.4) is 0 Å². The van der Waals surface area contributed by atoms with Gasteiger partial charge in [0, 0.05) is 39.0 Å². The summed E-state index contributed by atoms with van der Waals surface area (Å²) in [7, 11) is 0. The number of amides is 2. The van der Waals surface area contributed by atoms with Gasteiger partial charge in [-0.1, -0.05) is 6.42 Å². The quantitative estimate of drug-likeness (QED) is 0.573. The minimum atomic E-state index is 0.236. The van der Waals surface area contributed by atoms with Crippen molar-refractivity contribution in [2.45, 2.75) is 59.8 Å². The van der Waals surface area contributed by atoms with E-state index in [1.807, 2.05) is 37.5 Å². The highest BCUT2D eigenvalue weighted by atomic mass is 16.2. The Bertz CT molecular complexity index is 233. The van der Waals surface area contributed by atoms with Crippen molar-refractivity contribution in [1.82, 2.24) is 9.80 Å². The van der Waals surface area contributed by atoms with Gasteiger partial charge >= 0.3 is 0 Å². The van der Waals surface area contributed by atoms with Crippen molar-refractivity contribution in [3.63, 3.8) is 0 Å². The molecule has 0 heterocycles. The van der Waals surface area contributed by atoms with Crippen LogP contribution in [-0.4, -0.2) is 47.8 Å². The summed E-state index contributed by atoms with van der Waals surface area (Å²) in [6, 6.07) is 0. The molecule has 0 aromatic rings. The SMILES string of the molecule is CCN(CC)C(=O)CCCCCC(=O)N(CC)CC. The molecule has 0 bridgehead atoms. The van der Waals surface area contributed by atoms with Crippen molar-refractivity contribution in [3.8, 4) is 0 Å². The Morgan fingerprint density at radius 3 is 1.21 bits per heavy atom. The van der Waals surface area contributed by atoms with Crippen molar-refractivity contribution in [2.24, 2.45) is 0 Å². The number of hydrogen-bond donors (Lipinski definition) is 0. The molecule has 0 fully saturated rings. The molecule has 2 amide bonds. The number of unbranched alkanes of at least 4 members (excludes halogenated alkanes) is 2.